The van der Waals surface area contributed by atoms with E-state index in [4.69, 9.17) is 0 Å². The number of carbonyl (C=O) groups excluding carboxylic acids is 1. The number of thioether (sulfide) groups is 1. The Labute approximate surface area is 156 Å². The summed E-state index contributed by atoms with van der Waals surface area (Å²) in [6.07, 6.45) is 1.59. The van der Waals surface area contributed by atoms with Gasteiger partial charge in [0.05, 0.1) is 0 Å². The van der Waals surface area contributed by atoms with Crippen LogP contribution in [0.25, 0.3) is 0 Å². The Morgan fingerprint density at radius 1 is 1.17 bits per heavy atom. The number of nitrogens with zero attached hydrogens (tertiary/aromatic N) is 1. The lowest BCUT2D eigenvalue weighted by molar-refractivity contribution is -0.116. The highest BCUT2D eigenvalue weighted by atomic mass is 35.5. The molecule has 0 saturated carbocycles. The number of benzene rings is 1. The predicted molar refractivity (Wildman–Crippen MR) is 106 cm³/mol. The average Bonchev–Trinajstić information content (AvgIpc) is 2.53. The number of carbonyl (C=O) groups is 1. The van der Waals surface area contributed by atoms with Crippen LogP contribution < -0.4 is 10.6 Å². The Balaban J connectivity index is 0.00000242. The molecule has 0 spiro atoms. The molecule has 0 atom stereocenters. The first-order valence-electron chi connectivity index (χ1n) is 7.61. The average molecular weight is 380 g/mol. The summed E-state index contributed by atoms with van der Waals surface area (Å²) in [6.45, 7) is 4.26. The van der Waals surface area contributed by atoms with Crippen LogP contribution in [0.5, 0.6) is 0 Å². The number of rotatable bonds is 7. The molecule has 1 aromatic carbocycles. The van der Waals surface area contributed by atoms with Gasteiger partial charge < -0.3 is 15.5 Å². The molecular weight excluding hydrogens is 353 g/mol. The minimum Gasteiger partial charge on any atom is -0.326 e. The maximum atomic E-state index is 11.6. The highest BCUT2D eigenvalue weighted by Gasteiger charge is 2.09. The highest BCUT2D eigenvalue weighted by Crippen LogP contribution is 2.13. The van der Waals surface area contributed by atoms with Crippen LogP contribution in [-0.4, -0.2) is 55.5 Å². The van der Waals surface area contributed by atoms with Crippen LogP contribution in [0.1, 0.15) is 12.0 Å². The Bertz CT molecular complexity index is 439. The summed E-state index contributed by atoms with van der Waals surface area (Å²) in [6, 6.07) is 8.23. The Morgan fingerprint density at radius 2 is 1.83 bits per heavy atom. The van der Waals surface area contributed by atoms with Crippen molar-refractivity contribution in [2.24, 2.45) is 0 Å². The zero-order valence-electron chi connectivity index (χ0n) is 13.5. The van der Waals surface area contributed by atoms with Gasteiger partial charge >= 0.3 is 0 Å². The number of hydrogen-bond acceptors (Lipinski definition) is 4. The summed E-state index contributed by atoms with van der Waals surface area (Å²) in [5.74, 6) is 2.58. The molecule has 1 fully saturated rings. The molecule has 0 bridgehead atoms. The standard InChI is InChI=1S/C16H25N3OS.2ClH/c1-17-8-6-16(20)18-15-4-2-14(3-5-15)7-9-19-10-12-21-13-11-19;;/h2-5,17H,6-13H2,1H3,(H,18,20);2*1H. The first kappa shape index (κ1) is 22.5. The van der Waals surface area contributed by atoms with Crippen molar-refractivity contribution in [1.82, 2.24) is 10.2 Å². The zero-order chi connectivity index (χ0) is 14.9. The normalized spacial score (nSPS) is 14.5. The molecule has 132 valence electrons. The van der Waals surface area contributed by atoms with Crippen molar-refractivity contribution in [1.29, 1.82) is 0 Å². The van der Waals surface area contributed by atoms with Gasteiger partial charge in [-0.2, -0.15) is 11.8 Å². The van der Waals surface area contributed by atoms with E-state index in [1.54, 1.807) is 0 Å². The summed E-state index contributed by atoms with van der Waals surface area (Å²) in [5, 5.41) is 5.89. The molecular formula is C16H27Cl2N3OS. The van der Waals surface area contributed by atoms with E-state index in [-0.39, 0.29) is 30.7 Å². The van der Waals surface area contributed by atoms with Gasteiger partial charge in [-0.1, -0.05) is 12.1 Å². The van der Waals surface area contributed by atoms with Crippen molar-refractivity contribution in [3.8, 4) is 0 Å². The lowest BCUT2D eigenvalue weighted by Gasteiger charge is -2.26. The van der Waals surface area contributed by atoms with Gasteiger partial charge in [-0.15, -0.1) is 24.8 Å². The maximum absolute atomic E-state index is 11.6. The van der Waals surface area contributed by atoms with Gasteiger partial charge in [-0.25, -0.2) is 0 Å². The van der Waals surface area contributed by atoms with Gasteiger partial charge in [0.1, 0.15) is 0 Å². The van der Waals surface area contributed by atoms with Crippen LogP contribution in [-0.2, 0) is 11.2 Å². The van der Waals surface area contributed by atoms with Crippen LogP contribution in [0.2, 0.25) is 0 Å². The molecule has 0 aliphatic carbocycles. The van der Waals surface area contributed by atoms with E-state index in [0.717, 1.165) is 18.7 Å². The highest BCUT2D eigenvalue weighted by molar-refractivity contribution is 7.99. The fourth-order valence-corrected chi connectivity index (χ4v) is 3.31. The largest absolute Gasteiger partial charge is 0.326 e. The third-order valence-corrected chi connectivity index (χ3v) is 4.60. The SMILES string of the molecule is CNCCC(=O)Nc1ccc(CCN2CCSCC2)cc1.Cl.Cl. The third kappa shape index (κ3) is 8.82. The van der Waals surface area contributed by atoms with E-state index in [2.05, 4.69) is 27.7 Å². The third-order valence-electron chi connectivity index (χ3n) is 3.66. The molecule has 1 amide bonds. The molecule has 1 aliphatic heterocycles. The molecule has 1 aliphatic rings. The minimum atomic E-state index is 0. The molecule has 4 nitrogen and oxygen atoms in total. The fraction of sp³-hybridized carbons (Fsp3) is 0.562. The molecule has 1 heterocycles. The summed E-state index contributed by atoms with van der Waals surface area (Å²) >= 11 is 2.05. The monoisotopic (exact) mass is 379 g/mol. The summed E-state index contributed by atoms with van der Waals surface area (Å²) in [4.78, 5) is 14.2. The van der Waals surface area contributed by atoms with Gasteiger partial charge in [0.2, 0.25) is 5.91 Å². The number of anilines is 1. The van der Waals surface area contributed by atoms with Gasteiger partial charge in [0.15, 0.2) is 0 Å². The molecule has 1 aromatic rings. The van der Waals surface area contributed by atoms with Crippen LogP contribution in [0.4, 0.5) is 5.69 Å². The van der Waals surface area contributed by atoms with Crippen molar-refractivity contribution < 1.29 is 4.79 Å². The van der Waals surface area contributed by atoms with Crippen molar-refractivity contribution in [2.75, 3.05) is 50.0 Å². The molecule has 0 radical (unpaired) electrons. The van der Waals surface area contributed by atoms with Gasteiger partial charge in [-0.05, 0) is 31.2 Å². The van der Waals surface area contributed by atoms with Gasteiger partial charge in [0, 0.05) is 49.8 Å². The summed E-state index contributed by atoms with van der Waals surface area (Å²) < 4.78 is 0. The number of amides is 1. The van der Waals surface area contributed by atoms with Crippen molar-refractivity contribution >= 4 is 48.2 Å². The smallest absolute Gasteiger partial charge is 0.225 e. The van der Waals surface area contributed by atoms with E-state index < -0.39 is 0 Å². The van der Waals surface area contributed by atoms with Gasteiger partial charge in [-0.3, -0.25) is 4.79 Å². The first-order valence-corrected chi connectivity index (χ1v) is 8.77. The van der Waals surface area contributed by atoms with Crippen LogP contribution in [0.3, 0.4) is 0 Å². The molecule has 0 aromatic heterocycles. The van der Waals surface area contributed by atoms with E-state index in [1.165, 1.54) is 30.2 Å². The minimum absolute atomic E-state index is 0. The van der Waals surface area contributed by atoms with Gasteiger partial charge in [0.25, 0.3) is 0 Å². The summed E-state index contributed by atoms with van der Waals surface area (Å²) in [7, 11) is 1.85. The molecule has 2 N–H and O–H groups in total. The van der Waals surface area contributed by atoms with E-state index >= 15 is 0 Å². The second kappa shape index (κ2) is 12.9. The van der Waals surface area contributed by atoms with Crippen molar-refractivity contribution in [2.45, 2.75) is 12.8 Å². The second-order valence-corrected chi connectivity index (χ2v) is 6.53. The number of nitrogens with one attached hydrogen (secondary N) is 2. The predicted octanol–water partition coefficient (Wildman–Crippen LogP) is 2.67. The first-order chi connectivity index (χ1) is 10.3. The van der Waals surface area contributed by atoms with Crippen LogP contribution in [0.15, 0.2) is 24.3 Å². The lowest BCUT2D eigenvalue weighted by atomic mass is 10.1. The van der Waals surface area contributed by atoms with Crippen LogP contribution >= 0.6 is 36.6 Å². The van der Waals surface area contributed by atoms with E-state index in [1.807, 2.05) is 30.9 Å². The van der Waals surface area contributed by atoms with Crippen LogP contribution in [0, 0.1) is 0 Å². The number of hydrogen-bond donors (Lipinski definition) is 2. The Kier molecular flexibility index (Phi) is 12.6. The molecule has 0 unspecified atom stereocenters. The van der Waals surface area contributed by atoms with E-state index in [0.29, 0.717) is 13.0 Å². The van der Waals surface area contributed by atoms with E-state index in [9.17, 15) is 4.79 Å². The topological polar surface area (TPSA) is 44.4 Å². The molecule has 2 rings (SSSR count). The summed E-state index contributed by atoms with van der Waals surface area (Å²) in [5.41, 5.74) is 2.22. The molecule has 23 heavy (non-hydrogen) atoms. The molecule has 1 saturated heterocycles. The molecule has 7 heteroatoms. The Morgan fingerprint density at radius 3 is 2.43 bits per heavy atom. The second-order valence-electron chi connectivity index (χ2n) is 5.30. The fourth-order valence-electron chi connectivity index (χ4n) is 2.33. The van der Waals surface area contributed by atoms with Crippen molar-refractivity contribution in [3.63, 3.8) is 0 Å². The maximum Gasteiger partial charge on any atom is 0.225 e. The van der Waals surface area contributed by atoms with Crippen molar-refractivity contribution in [3.05, 3.63) is 29.8 Å². The quantitative estimate of drug-likeness (QED) is 0.764. The lowest BCUT2D eigenvalue weighted by Crippen LogP contribution is -2.34. The Hall–Kier alpha value is -0.460. The zero-order valence-corrected chi connectivity index (χ0v) is 16.0. The number of halogens is 2.